The largest absolute Gasteiger partial charge is 0.507 e. The first-order valence-corrected chi connectivity index (χ1v) is 5.38. The molecule has 3 nitrogen and oxygen atoms in total. The molecule has 17 heavy (non-hydrogen) atoms. The minimum absolute atomic E-state index is 0.136. The third-order valence-electron chi connectivity index (χ3n) is 2.61. The van der Waals surface area contributed by atoms with Crippen molar-refractivity contribution >= 4 is 5.71 Å². The van der Waals surface area contributed by atoms with E-state index in [9.17, 15) is 5.11 Å². The summed E-state index contributed by atoms with van der Waals surface area (Å²) in [5.41, 5.74) is 3.87. The van der Waals surface area contributed by atoms with Crippen molar-refractivity contribution in [1.29, 1.82) is 5.41 Å². The lowest BCUT2D eigenvalue weighted by Crippen LogP contribution is -1.93. The standard InChI is InChI=1S/C14H14N2O/c1-9-5-12(8-16-7-9)11-3-4-13(10(2)15)14(17)6-11/h3-8,15,17H,1-2H3. The van der Waals surface area contributed by atoms with E-state index in [2.05, 4.69) is 4.98 Å². The van der Waals surface area contributed by atoms with Crippen molar-refractivity contribution < 1.29 is 5.11 Å². The van der Waals surface area contributed by atoms with Crippen LogP contribution >= 0.6 is 0 Å². The Balaban J connectivity index is 2.48. The molecule has 2 aromatic rings. The van der Waals surface area contributed by atoms with Gasteiger partial charge in [0.2, 0.25) is 0 Å². The SMILES string of the molecule is CC(=N)c1ccc(-c2cncc(C)c2)cc1O. The first kappa shape index (κ1) is 11.3. The zero-order chi connectivity index (χ0) is 12.4. The van der Waals surface area contributed by atoms with Gasteiger partial charge in [-0.25, -0.2) is 0 Å². The molecule has 1 aromatic carbocycles. The highest BCUT2D eigenvalue weighted by Gasteiger charge is 2.06. The quantitative estimate of drug-likeness (QED) is 0.773. The van der Waals surface area contributed by atoms with E-state index < -0.39 is 0 Å². The van der Waals surface area contributed by atoms with E-state index in [1.54, 1.807) is 31.5 Å². The van der Waals surface area contributed by atoms with Crippen LogP contribution in [0.15, 0.2) is 36.7 Å². The zero-order valence-electron chi connectivity index (χ0n) is 9.86. The van der Waals surface area contributed by atoms with E-state index in [4.69, 9.17) is 5.41 Å². The fourth-order valence-electron chi connectivity index (χ4n) is 1.74. The second kappa shape index (κ2) is 4.37. The number of nitrogens with one attached hydrogen (secondary N) is 1. The molecule has 86 valence electrons. The molecule has 0 saturated carbocycles. The van der Waals surface area contributed by atoms with Gasteiger partial charge in [0.15, 0.2) is 0 Å². The van der Waals surface area contributed by atoms with E-state index >= 15 is 0 Å². The monoisotopic (exact) mass is 226 g/mol. The maximum atomic E-state index is 9.83. The minimum Gasteiger partial charge on any atom is -0.507 e. The molecular weight excluding hydrogens is 212 g/mol. The number of benzene rings is 1. The van der Waals surface area contributed by atoms with Crippen molar-refractivity contribution in [1.82, 2.24) is 4.98 Å². The lowest BCUT2D eigenvalue weighted by atomic mass is 10.0. The maximum Gasteiger partial charge on any atom is 0.125 e. The van der Waals surface area contributed by atoms with Crippen molar-refractivity contribution in [2.75, 3.05) is 0 Å². The van der Waals surface area contributed by atoms with Crippen LogP contribution in [0.3, 0.4) is 0 Å². The van der Waals surface area contributed by atoms with E-state index in [0.29, 0.717) is 11.3 Å². The number of aromatic hydroxyl groups is 1. The summed E-state index contributed by atoms with van der Waals surface area (Å²) in [6.07, 6.45) is 3.55. The van der Waals surface area contributed by atoms with Gasteiger partial charge in [-0.1, -0.05) is 6.07 Å². The Labute approximate surface area is 100 Å². The van der Waals surface area contributed by atoms with Gasteiger partial charge >= 0.3 is 0 Å². The van der Waals surface area contributed by atoms with E-state index in [1.165, 1.54) is 0 Å². The highest BCUT2D eigenvalue weighted by Crippen LogP contribution is 2.26. The van der Waals surface area contributed by atoms with Gasteiger partial charge in [0.05, 0.1) is 0 Å². The average Bonchev–Trinajstić information content (AvgIpc) is 2.28. The van der Waals surface area contributed by atoms with Gasteiger partial charge in [-0.2, -0.15) is 0 Å². The van der Waals surface area contributed by atoms with Crippen LogP contribution in [0.5, 0.6) is 5.75 Å². The van der Waals surface area contributed by atoms with Crippen LogP contribution < -0.4 is 0 Å². The van der Waals surface area contributed by atoms with Crippen molar-refractivity contribution in [2.24, 2.45) is 0 Å². The molecular formula is C14H14N2O. The molecule has 0 saturated heterocycles. The molecule has 0 aliphatic heterocycles. The van der Waals surface area contributed by atoms with Gasteiger partial charge < -0.3 is 10.5 Å². The van der Waals surface area contributed by atoms with Crippen molar-refractivity contribution in [3.05, 3.63) is 47.8 Å². The number of hydrogen-bond donors (Lipinski definition) is 2. The maximum absolute atomic E-state index is 9.83. The minimum atomic E-state index is 0.136. The number of pyridine rings is 1. The van der Waals surface area contributed by atoms with Gasteiger partial charge in [0, 0.05) is 29.2 Å². The van der Waals surface area contributed by atoms with Gasteiger partial charge in [0.1, 0.15) is 5.75 Å². The Hall–Kier alpha value is -2.16. The highest BCUT2D eigenvalue weighted by atomic mass is 16.3. The molecule has 0 amide bonds. The van der Waals surface area contributed by atoms with Crippen LogP contribution in [0.2, 0.25) is 0 Å². The molecule has 2 rings (SSSR count). The molecule has 1 aromatic heterocycles. The second-order valence-electron chi connectivity index (χ2n) is 4.11. The summed E-state index contributed by atoms with van der Waals surface area (Å²) in [4.78, 5) is 4.12. The lowest BCUT2D eigenvalue weighted by molar-refractivity contribution is 0.474. The molecule has 0 radical (unpaired) electrons. The van der Waals surface area contributed by atoms with Gasteiger partial charge in [-0.3, -0.25) is 4.98 Å². The van der Waals surface area contributed by atoms with Crippen molar-refractivity contribution in [3.8, 4) is 16.9 Å². The Kier molecular flexibility index (Phi) is 2.91. The first-order valence-electron chi connectivity index (χ1n) is 5.38. The molecule has 0 bridgehead atoms. The molecule has 0 spiro atoms. The first-order chi connectivity index (χ1) is 8.08. The number of nitrogens with zero attached hydrogens (tertiary/aromatic N) is 1. The second-order valence-corrected chi connectivity index (χ2v) is 4.11. The average molecular weight is 226 g/mol. The summed E-state index contributed by atoms with van der Waals surface area (Å²) >= 11 is 0. The molecule has 0 atom stereocenters. The number of hydrogen-bond acceptors (Lipinski definition) is 3. The smallest absolute Gasteiger partial charge is 0.125 e. The summed E-state index contributed by atoms with van der Waals surface area (Å²) in [6.45, 7) is 3.63. The molecule has 0 fully saturated rings. The van der Waals surface area contributed by atoms with Gasteiger partial charge in [-0.15, -0.1) is 0 Å². The molecule has 0 aliphatic carbocycles. The Morgan fingerprint density at radius 2 is 1.94 bits per heavy atom. The topological polar surface area (TPSA) is 57.0 Å². The fraction of sp³-hybridized carbons (Fsp3) is 0.143. The zero-order valence-corrected chi connectivity index (χ0v) is 9.86. The summed E-state index contributed by atoms with van der Waals surface area (Å²) in [5.74, 6) is 0.136. The third-order valence-corrected chi connectivity index (χ3v) is 2.61. The van der Waals surface area contributed by atoms with Crippen LogP contribution in [0.25, 0.3) is 11.1 Å². The van der Waals surface area contributed by atoms with Crippen LogP contribution in [-0.2, 0) is 0 Å². The number of rotatable bonds is 2. The predicted octanol–water partition coefficient (Wildman–Crippen LogP) is 3.15. The van der Waals surface area contributed by atoms with Gasteiger partial charge in [-0.05, 0) is 43.2 Å². The van der Waals surface area contributed by atoms with Crippen LogP contribution in [-0.4, -0.2) is 15.8 Å². The molecule has 1 heterocycles. The summed E-state index contributed by atoms with van der Waals surface area (Å²) in [5, 5.41) is 17.3. The summed E-state index contributed by atoms with van der Waals surface area (Å²) in [7, 11) is 0. The van der Waals surface area contributed by atoms with Gasteiger partial charge in [0.25, 0.3) is 0 Å². The number of aromatic nitrogens is 1. The molecule has 0 aliphatic rings. The lowest BCUT2D eigenvalue weighted by Gasteiger charge is -2.06. The van der Waals surface area contributed by atoms with Crippen molar-refractivity contribution in [3.63, 3.8) is 0 Å². The summed E-state index contributed by atoms with van der Waals surface area (Å²) in [6, 6.07) is 7.33. The van der Waals surface area contributed by atoms with E-state index in [-0.39, 0.29) is 5.75 Å². The Morgan fingerprint density at radius 1 is 1.18 bits per heavy atom. The fourth-order valence-corrected chi connectivity index (χ4v) is 1.74. The highest BCUT2D eigenvalue weighted by molar-refractivity contribution is 5.99. The number of phenols is 1. The Bertz CT molecular complexity index is 576. The van der Waals surface area contributed by atoms with Crippen molar-refractivity contribution in [2.45, 2.75) is 13.8 Å². The van der Waals surface area contributed by atoms with E-state index in [0.717, 1.165) is 16.7 Å². The number of aryl methyl sites for hydroxylation is 1. The summed E-state index contributed by atoms with van der Waals surface area (Å²) < 4.78 is 0. The Morgan fingerprint density at radius 3 is 2.53 bits per heavy atom. The third kappa shape index (κ3) is 2.33. The molecule has 2 N–H and O–H groups in total. The molecule has 0 unspecified atom stereocenters. The predicted molar refractivity (Wildman–Crippen MR) is 68.6 cm³/mol. The van der Waals surface area contributed by atoms with Crippen LogP contribution in [0.1, 0.15) is 18.1 Å². The van der Waals surface area contributed by atoms with Crippen LogP contribution in [0.4, 0.5) is 0 Å². The van der Waals surface area contributed by atoms with Crippen LogP contribution in [0, 0.1) is 12.3 Å². The normalized spacial score (nSPS) is 10.2. The van der Waals surface area contributed by atoms with E-state index in [1.807, 2.05) is 19.1 Å². The number of phenolic OH excluding ortho intramolecular Hbond substituents is 1. The molecule has 3 heteroatoms.